The summed E-state index contributed by atoms with van der Waals surface area (Å²) in [6.45, 7) is 0.259. The zero-order valence-corrected chi connectivity index (χ0v) is 17.0. The Hall–Kier alpha value is -3.19. The highest BCUT2D eigenvalue weighted by molar-refractivity contribution is 7.98. The van der Waals surface area contributed by atoms with Crippen LogP contribution in [0.1, 0.15) is 11.1 Å². The van der Waals surface area contributed by atoms with Gasteiger partial charge in [-0.15, -0.1) is 0 Å². The van der Waals surface area contributed by atoms with Gasteiger partial charge in [-0.05, 0) is 29.8 Å². The molecule has 1 heterocycles. The van der Waals surface area contributed by atoms with Crippen molar-refractivity contribution in [2.24, 2.45) is 0 Å². The number of methoxy groups -OCH3 is 1. The van der Waals surface area contributed by atoms with Crippen LogP contribution in [0, 0.1) is 11.6 Å². The molecule has 1 aromatic heterocycles. The molecule has 0 atom stereocenters. The number of halogens is 2. The van der Waals surface area contributed by atoms with E-state index in [1.54, 1.807) is 29.9 Å². The fourth-order valence-electron chi connectivity index (χ4n) is 3.18. The SMILES string of the molecule is COc1ccccc1Cn1c(SCc2ccc(F)cc2F)nc2ccccc2c1=O. The number of para-hydroxylation sites is 2. The Bertz CT molecular complexity index is 1270. The normalized spacial score (nSPS) is 11.0. The van der Waals surface area contributed by atoms with Crippen molar-refractivity contribution in [2.75, 3.05) is 7.11 Å². The molecule has 0 radical (unpaired) electrons. The van der Waals surface area contributed by atoms with Crippen molar-refractivity contribution < 1.29 is 13.5 Å². The lowest BCUT2D eigenvalue weighted by Gasteiger charge is -2.15. The van der Waals surface area contributed by atoms with Gasteiger partial charge in [0, 0.05) is 17.4 Å². The van der Waals surface area contributed by atoms with Crippen LogP contribution in [-0.4, -0.2) is 16.7 Å². The predicted molar refractivity (Wildman–Crippen MR) is 114 cm³/mol. The van der Waals surface area contributed by atoms with E-state index < -0.39 is 11.6 Å². The van der Waals surface area contributed by atoms with Crippen molar-refractivity contribution in [3.8, 4) is 5.75 Å². The van der Waals surface area contributed by atoms with E-state index in [0.29, 0.717) is 27.4 Å². The minimum atomic E-state index is -0.627. The van der Waals surface area contributed by atoms with E-state index in [0.717, 1.165) is 11.6 Å². The molecule has 0 aliphatic heterocycles. The van der Waals surface area contributed by atoms with E-state index in [1.807, 2.05) is 30.3 Å². The number of hydrogen-bond donors (Lipinski definition) is 0. The second kappa shape index (κ2) is 8.67. The van der Waals surface area contributed by atoms with Crippen LogP contribution < -0.4 is 10.3 Å². The maximum Gasteiger partial charge on any atom is 0.262 e. The van der Waals surface area contributed by atoms with Crippen LogP contribution in [0.2, 0.25) is 0 Å². The third-order valence-corrected chi connectivity index (χ3v) is 5.74. The van der Waals surface area contributed by atoms with E-state index in [2.05, 4.69) is 4.98 Å². The van der Waals surface area contributed by atoms with Gasteiger partial charge >= 0.3 is 0 Å². The van der Waals surface area contributed by atoms with Crippen molar-refractivity contribution in [3.63, 3.8) is 0 Å². The summed E-state index contributed by atoms with van der Waals surface area (Å²) < 4.78 is 34.2. The second-order valence-electron chi connectivity index (χ2n) is 6.64. The van der Waals surface area contributed by atoms with Crippen molar-refractivity contribution in [1.29, 1.82) is 0 Å². The lowest BCUT2D eigenvalue weighted by molar-refractivity contribution is 0.407. The molecule has 4 nitrogen and oxygen atoms in total. The molecule has 7 heteroatoms. The monoisotopic (exact) mass is 424 g/mol. The minimum Gasteiger partial charge on any atom is -0.496 e. The molecular formula is C23H18F2N2O2S. The first-order valence-electron chi connectivity index (χ1n) is 9.25. The fraction of sp³-hybridized carbons (Fsp3) is 0.130. The van der Waals surface area contributed by atoms with Crippen LogP contribution in [0.5, 0.6) is 5.75 Å². The third-order valence-electron chi connectivity index (χ3n) is 4.72. The Labute approximate surface area is 176 Å². The van der Waals surface area contributed by atoms with Crippen molar-refractivity contribution in [3.05, 3.63) is 99.8 Å². The summed E-state index contributed by atoms with van der Waals surface area (Å²) in [5, 5.41) is 0.957. The van der Waals surface area contributed by atoms with Crippen LogP contribution in [0.15, 0.2) is 76.7 Å². The zero-order valence-electron chi connectivity index (χ0n) is 16.1. The predicted octanol–water partition coefficient (Wildman–Crippen LogP) is 5.02. The number of ether oxygens (including phenoxy) is 1. The van der Waals surface area contributed by atoms with E-state index >= 15 is 0 Å². The molecular weight excluding hydrogens is 406 g/mol. The minimum absolute atomic E-state index is 0.186. The largest absolute Gasteiger partial charge is 0.496 e. The Morgan fingerprint density at radius 2 is 1.77 bits per heavy atom. The number of aromatic nitrogens is 2. The van der Waals surface area contributed by atoms with Crippen LogP contribution in [0.4, 0.5) is 8.78 Å². The number of nitrogens with zero attached hydrogens (tertiary/aromatic N) is 2. The van der Waals surface area contributed by atoms with Gasteiger partial charge in [-0.25, -0.2) is 13.8 Å². The molecule has 30 heavy (non-hydrogen) atoms. The quantitative estimate of drug-likeness (QED) is 0.322. The van der Waals surface area contributed by atoms with Crippen molar-refractivity contribution >= 4 is 22.7 Å². The Morgan fingerprint density at radius 3 is 2.57 bits per heavy atom. The zero-order chi connectivity index (χ0) is 21.1. The summed E-state index contributed by atoms with van der Waals surface area (Å²) in [7, 11) is 1.58. The van der Waals surface area contributed by atoms with Gasteiger partial charge < -0.3 is 4.74 Å². The van der Waals surface area contributed by atoms with Crippen molar-refractivity contribution in [2.45, 2.75) is 17.5 Å². The summed E-state index contributed by atoms with van der Waals surface area (Å²) >= 11 is 1.23. The number of fused-ring (bicyclic) bond motifs is 1. The standard InChI is InChI=1S/C23H18F2N2O2S/c1-29-21-9-5-2-6-15(21)13-27-22(28)18-7-3-4-8-20(18)26-23(27)30-14-16-10-11-17(24)12-19(16)25/h2-12H,13-14H2,1H3. The van der Waals surface area contributed by atoms with Gasteiger partial charge in [0.1, 0.15) is 17.4 Å². The van der Waals surface area contributed by atoms with Gasteiger partial charge in [0.15, 0.2) is 5.16 Å². The van der Waals surface area contributed by atoms with Gasteiger partial charge in [-0.2, -0.15) is 0 Å². The van der Waals surface area contributed by atoms with Gasteiger partial charge in [-0.1, -0.05) is 48.2 Å². The summed E-state index contributed by atoms with van der Waals surface area (Å²) in [4.78, 5) is 17.9. The molecule has 0 unspecified atom stereocenters. The molecule has 0 spiro atoms. The Morgan fingerprint density at radius 1 is 1.00 bits per heavy atom. The maximum atomic E-state index is 14.1. The molecule has 152 valence electrons. The molecule has 0 aliphatic carbocycles. The van der Waals surface area contributed by atoms with E-state index in [9.17, 15) is 13.6 Å². The first kappa shape index (κ1) is 20.1. The molecule has 0 aliphatic rings. The van der Waals surface area contributed by atoms with Crippen LogP contribution >= 0.6 is 11.8 Å². The highest BCUT2D eigenvalue weighted by Gasteiger charge is 2.15. The Balaban J connectivity index is 1.77. The molecule has 0 fully saturated rings. The fourth-order valence-corrected chi connectivity index (χ4v) is 4.17. The number of hydrogen-bond acceptors (Lipinski definition) is 4. The lowest BCUT2D eigenvalue weighted by Crippen LogP contribution is -2.24. The first-order valence-corrected chi connectivity index (χ1v) is 10.2. The molecule has 0 saturated heterocycles. The van der Waals surface area contributed by atoms with E-state index in [4.69, 9.17) is 4.74 Å². The molecule has 4 rings (SSSR count). The van der Waals surface area contributed by atoms with Gasteiger partial charge in [0.25, 0.3) is 5.56 Å². The van der Waals surface area contributed by atoms with E-state index in [1.165, 1.54) is 23.9 Å². The highest BCUT2D eigenvalue weighted by atomic mass is 32.2. The smallest absolute Gasteiger partial charge is 0.262 e. The summed E-state index contributed by atoms with van der Waals surface area (Å²) in [6, 6.07) is 18.0. The maximum absolute atomic E-state index is 14.1. The van der Waals surface area contributed by atoms with E-state index in [-0.39, 0.29) is 17.9 Å². The number of thioether (sulfide) groups is 1. The summed E-state index contributed by atoms with van der Waals surface area (Å²) in [5.41, 5.74) is 1.55. The van der Waals surface area contributed by atoms with Gasteiger partial charge in [0.05, 0.1) is 24.6 Å². The molecule has 0 N–H and O–H groups in total. The number of rotatable bonds is 6. The average Bonchev–Trinajstić information content (AvgIpc) is 2.76. The molecule has 3 aromatic carbocycles. The van der Waals surface area contributed by atoms with Crippen molar-refractivity contribution in [1.82, 2.24) is 9.55 Å². The van der Waals surface area contributed by atoms with Gasteiger partial charge in [0.2, 0.25) is 0 Å². The molecule has 0 bridgehead atoms. The molecule has 0 saturated carbocycles. The topological polar surface area (TPSA) is 44.1 Å². The van der Waals surface area contributed by atoms with Crippen LogP contribution in [-0.2, 0) is 12.3 Å². The summed E-state index contributed by atoms with van der Waals surface area (Å²) in [5.74, 6) is -0.374. The lowest BCUT2D eigenvalue weighted by atomic mass is 10.2. The first-order chi connectivity index (χ1) is 14.6. The third kappa shape index (κ3) is 4.07. The number of benzene rings is 3. The Kier molecular flexibility index (Phi) is 5.81. The van der Waals surface area contributed by atoms with Crippen LogP contribution in [0.3, 0.4) is 0 Å². The highest BCUT2D eigenvalue weighted by Crippen LogP contribution is 2.26. The van der Waals surface area contributed by atoms with Crippen LogP contribution in [0.25, 0.3) is 10.9 Å². The average molecular weight is 424 g/mol. The molecule has 4 aromatic rings. The molecule has 0 amide bonds. The van der Waals surface area contributed by atoms with Gasteiger partial charge in [-0.3, -0.25) is 9.36 Å². The second-order valence-corrected chi connectivity index (χ2v) is 7.58. The summed E-state index contributed by atoms with van der Waals surface area (Å²) in [6.07, 6.45) is 0.